The maximum atomic E-state index is 13.8. The predicted molar refractivity (Wildman–Crippen MR) is 103 cm³/mol. The molecule has 0 saturated carbocycles. The number of benzene rings is 1. The number of nitrogens with zero attached hydrogens (tertiary/aromatic N) is 4. The van der Waals surface area contributed by atoms with Crippen LogP contribution in [0.2, 0.25) is 0 Å². The summed E-state index contributed by atoms with van der Waals surface area (Å²) in [4.78, 5) is 12.5. The van der Waals surface area contributed by atoms with Gasteiger partial charge in [-0.05, 0) is 51.8 Å². The molecular weight excluding hydrogens is 469 g/mol. The summed E-state index contributed by atoms with van der Waals surface area (Å²) in [7, 11) is 0. The Bertz CT molecular complexity index is 933. The minimum atomic E-state index is -0.511. The van der Waals surface area contributed by atoms with Crippen molar-refractivity contribution in [3.63, 3.8) is 0 Å². The number of hydrogen-bond acceptors (Lipinski definition) is 3. The number of aromatic nitrogens is 4. The average Bonchev–Trinajstić information content (AvgIpc) is 3.11. The predicted octanol–water partition coefficient (Wildman–Crippen LogP) is 4.30. The van der Waals surface area contributed by atoms with Crippen LogP contribution in [0, 0.1) is 12.7 Å². The van der Waals surface area contributed by atoms with E-state index < -0.39 is 6.04 Å². The number of aryl methyl sites for hydroxylation is 1. The van der Waals surface area contributed by atoms with E-state index in [-0.39, 0.29) is 18.3 Å². The molecule has 136 valence electrons. The van der Waals surface area contributed by atoms with Crippen LogP contribution in [0.4, 0.5) is 10.2 Å². The number of carbonyl (C=O) groups is 1. The van der Waals surface area contributed by atoms with Gasteiger partial charge in [0, 0.05) is 18.0 Å². The Balaban J connectivity index is 1.73. The number of hydrogen-bond donors (Lipinski definition) is 1. The Morgan fingerprint density at radius 3 is 2.62 bits per heavy atom. The number of anilines is 1. The smallest absolute Gasteiger partial charge is 0.250 e. The van der Waals surface area contributed by atoms with Crippen LogP contribution in [0.3, 0.4) is 0 Å². The minimum absolute atomic E-state index is 0.253. The molecule has 6 nitrogen and oxygen atoms in total. The molecule has 26 heavy (non-hydrogen) atoms. The van der Waals surface area contributed by atoms with Crippen LogP contribution >= 0.6 is 31.9 Å². The van der Waals surface area contributed by atoms with E-state index in [1.165, 1.54) is 6.07 Å². The number of halogens is 3. The quantitative estimate of drug-likeness (QED) is 0.587. The van der Waals surface area contributed by atoms with E-state index in [1.807, 2.05) is 6.92 Å². The first-order chi connectivity index (χ1) is 12.3. The molecule has 0 saturated heterocycles. The van der Waals surface area contributed by atoms with E-state index in [9.17, 15) is 9.18 Å². The molecule has 0 fully saturated rings. The standard InChI is InChI=1S/C17H16Br2FN5O/c1-10-13(18)9-25(22-10)11(2)17(26)21-16-14(19)8-24(23-16)7-12-5-3-4-6-15(12)20/h3-6,8-9,11H,7H2,1-2H3,(H,21,23,26). The van der Waals surface area contributed by atoms with Crippen molar-refractivity contribution < 1.29 is 9.18 Å². The van der Waals surface area contributed by atoms with Gasteiger partial charge in [-0.2, -0.15) is 10.2 Å². The van der Waals surface area contributed by atoms with Crippen molar-refractivity contribution in [1.29, 1.82) is 0 Å². The topological polar surface area (TPSA) is 64.7 Å². The van der Waals surface area contributed by atoms with Crippen molar-refractivity contribution in [3.05, 3.63) is 62.7 Å². The lowest BCUT2D eigenvalue weighted by Gasteiger charge is -2.11. The molecule has 1 N–H and O–H groups in total. The summed E-state index contributed by atoms with van der Waals surface area (Å²) < 4.78 is 18.4. The van der Waals surface area contributed by atoms with Gasteiger partial charge in [0.1, 0.15) is 11.9 Å². The molecule has 1 aromatic carbocycles. The summed E-state index contributed by atoms with van der Waals surface area (Å²) in [6, 6.07) is 6.00. The van der Waals surface area contributed by atoms with Gasteiger partial charge >= 0.3 is 0 Å². The van der Waals surface area contributed by atoms with Crippen LogP contribution in [0.25, 0.3) is 0 Å². The minimum Gasteiger partial charge on any atom is -0.306 e. The third-order valence-electron chi connectivity index (χ3n) is 3.88. The lowest BCUT2D eigenvalue weighted by Crippen LogP contribution is -2.24. The third-order valence-corrected chi connectivity index (χ3v) is 5.24. The number of nitrogens with one attached hydrogen (secondary N) is 1. The fourth-order valence-corrected chi connectivity index (χ4v) is 3.07. The van der Waals surface area contributed by atoms with Crippen LogP contribution in [0.15, 0.2) is 45.6 Å². The molecule has 0 spiro atoms. The monoisotopic (exact) mass is 483 g/mol. The van der Waals surface area contributed by atoms with Crippen LogP contribution in [-0.4, -0.2) is 25.5 Å². The summed E-state index contributed by atoms with van der Waals surface area (Å²) >= 11 is 6.76. The molecule has 3 aromatic rings. The first-order valence-corrected chi connectivity index (χ1v) is 9.42. The SMILES string of the molecule is Cc1nn(C(C)C(=O)Nc2nn(Cc3ccccc3F)cc2Br)cc1Br. The zero-order valence-electron chi connectivity index (χ0n) is 14.1. The lowest BCUT2D eigenvalue weighted by atomic mass is 10.2. The highest BCUT2D eigenvalue weighted by molar-refractivity contribution is 9.10. The van der Waals surface area contributed by atoms with E-state index >= 15 is 0 Å². The highest BCUT2D eigenvalue weighted by Crippen LogP contribution is 2.23. The van der Waals surface area contributed by atoms with Crippen molar-refractivity contribution in [3.8, 4) is 0 Å². The fourth-order valence-electron chi connectivity index (χ4n) is 2.36. The summed E-state index contributed by atoms with van der Waals surface area (Å²) in [6.45, 7) is 3.87. The number of rotatable bonds is 5. The summed E-state index contributed by atoms with van der Waals surface area (Å²) in [6.07, 6.45) is 3.45. The second-order valence-corrected chi connectivity index (χ2v) is 7.53. The van der Waals surface area contributed by atoms with Gasteiger partial charge in [0.25, 0.3) is 0 Å². The van der Waals surface area contributed by atoms with Crippen molar-refractivity contribution in [1.82, 2.24) is 19.6 Å². The van der Waals surface area contributed by atoms with Crippen molar-refractivity contribution in [2.24, 2.45) is 0 Å². The molecule has 0 aliphatic heterocycles. The van der Waals surface area contributed by atoms with E-state index in [0.29, 0.717) is 15.9 Å². The van der Waals surface area contributed by atoms with Crippen LogP contribution < -0.4 is 5.32 Å². The molecule has 2 aromatic heterocycles. The molecule has 2 heterocycles. The summed E-state index contributed by atoms with van der Waals surface area (Å²) in [5.41, 5.74) is 1.32. The van der Waals surface area contributed by atoms with Gasteiger partial charge in [-0.25, -0.2) is 4.39 Å². The zero-order valence-corrected chi connectivity index (χ0v) is 17.3. The van der Waals surface area contributed by atoms with Gasteiger partial charge in [0.05, 0.1) is 21.2 Å². The van der Waals surface area contributed by atoms with Gasteiger partial charge in [-0.1, -0.05) is 18.2 Å². The Kier molecular flexibility index (Phi) is 5.57. The van der Waals surface area contributed by atoms with E-state index in [4.69, 9.17) is 0 Å². The van der Waals surface area contributed by atoms with Gasteiger partial charge in [-0.3, -0.25) is 14.2 Å². The molecule has 3 rings (SSSR count). The Labute approximate surface area is 166 Å². The maximum absolute atomic E-state index is 13.8. The molecule has 0 aliphatic rings. The zero-order chi connectivity index (χ0) is 18.8. The molecular formula is C17H16Br2FN5O. The fraction of sp³-hybridized carbons (Fsp3) is 0.235. The van der Waals surface area contributed by atoms with Crippen LogP contribution in [-0.2, 0) is 11.3 Å². The van der Waals surface area contributed by atoms with Gasteiger partial charge < -0.3 is 5.32 Å². The van der Waals surface area contributed by atoms with Crippen molar-refractivity contribution >= 4 is 43.6 Å². The highest BCUT2D eigenvalue weighted by Gasteiger charge is 2.19. The molecule has 0 aliphatic carbocycles. The Morgan fingerprint density at radius 1 is 1.23 bits per heavy atom. The molecule has 1 amide bonds. The Morgan fingerprint density at radius 2 is 1.96 bits per heavy atom. The molecule has 0 radical (unpaired) electrons. The molecule has 0 bridgehead atoms. The van der Waals surface area contributed by atoms with Gasteiger partial charge in [0.2, 0.25) is 5.91 Å². The average molecular weight is 485 g/mol. The van der Waals surface area contributed by atoms with Gasteiger partial charge in [-0.15, -0.1) is 0 Å². The van der Waals surface area contributed by atoms with Crippen LogP contribution in [0.1, 0.15) is 24.2 Å². The van der Waals surface area contributed by atoms with Gasteiger partial charge in [0.15, 0.2) is 5.82 Å². The molecule has 1 unspecified atom stereocenters. The highest BCUT2D eigenvalue weighted by atomic mass is 79.9. The first kappa shape index (κ1) is 18.8. The lowest BCUT2D eigenvalue weighted by molar-refractivity contribution is -0.119. The molecule has 1 atom stereocenters. The Hall–Kier alpha value is -2.00. The summed E-state index contributed by atoms with van der Waals surface area (Å²) in [5.74, 6) is -0.170. The van der Waals surface area contributed by atoms with Crippen molar-refractivity contribution in [2.75, 3.05) is 5.32 Å². The largest absolute Gasteiger partial charge is 0.306 e. The summed E-state index contributed by atoms with van der Waals surface area (Å²) in [5, 5.41) is 11.4. The number of carbonyl (C=O) groups excluding carboxylic acids is 1. The second-order valence-electron chi connectivity index (χ2n) is 5.82. The second kappa shape index (κ2) is 7.71. The van der Waals surface area contributed by atoms with Crippen LogP contribution in [0.5, 0.6) is 0 Å². The first-order valence-electron chi connectivity index (χ1n) is 7.83. The van der Waals surface area contributed by atoms with E-state index in [1.54, 1.807) is 46.9 Å². The van der Waals surface area contributed by atoms with E-state index in [0.717, 1.165) is 10.2 Å². The molecule has 9 heteroatoms. The maximum Gasteiger partial charge on any atom is 0.250 e. The van der Waals surface area contributed by atoms with Crippen molar-refractivity contribution in [2.45, 2.75) is 26.4 Å². The van der Waals surface area contributed by atoms with E-state index in [2.05, 4.69) is 47.4 Å². The normalized spacial score (nSPS) is 12.2. The third kappa shape index (κ3) is 4.04. The number of amides is 1.